The van der Waals surface area contributed by atoms with Crippen molar-refractivity contribution in [1.29, 1.82) is 0 Å². The second kappa shape index (κ2) is 11.2. The van der Waals surface area contributed by atoms with Gasteiger partial charge in [0, 0.05) is 41.8 Å². The number of rotatable bonds is 8. The van der Waals surface area contributed by atoms with Crippen LogP contribution in [0.3, 0.4) is 0 Å². The molecule has 0 saturated carbocycles. The summed E-state index contributed by atoms with van der Waals surface area (Å²) in [5.41, 5.74) is 7.69. The molecule has 1 heterocycles. The minimum absolute atomic E-state index is 0.131. The van der Waals surface area contributed by atoms with E-state index in [1.54, 1.807) is 0 Å². The van der Waals surface area contributed by atoms with Gasteiger partial charge in [-0.2, -0.15) is 0 Å². The van der Waals surface area contributed by atoms with Crippen LogP contribution in [0.2, 0.25) is 0 Å². The number of hydrogen-bond donors (Lipinski definition) is 2. The number of anilines is 2. The van der Waals surface area contributed by atoms with Crippen LogP contribution in [0.5, 0.6) is 0 Å². The zero-order valence-corrected chi connectivity index (χ0v) is 19.9. The zero-order valence-electron chi connectivity index (χ0n) is 19.9. The molecule has 4 aromatic carbocycles. The summed E-state index contributed by atoms with van der Waals surface area (Å²) in [7, 11) is 0. The fourth-order valence-corrected chi connectivity index (χ4v) is 4.16. The van der Waals surface area contributed by atoms with E-state index in [9.17, 15) is 4.79 Å². The lowest BCUT2D eigenvalue weighted by atomic mass is 9.96. The van der Waals surface area contributed by atoms with E-state index in [-0.39, 0.29) is 5.91 Å². The Bertz CT molecular complexity index is 1410. The zero-order chi connectivity index (χ0) is 24.6. The van der Waals surface area contributed by atoms with E-state index in [0.29, 0.717) is 5.56 Å². The van der Waals surface area contributed by atoms with Crippen LogP contribution in [-0.4, -0.2) is 17.4 Å². The summed E-state index contributed by atoms with van der Waals surface area (Å²) in [5, 5.41) is 6.44. The van der Waals surface area contributed by atoms with Crippen LogP contribution in [0.4, 0.5) is 11.4 Å². The van der Waals surface area contributed by atoms with Crippen molar-refractivity contribution in [1.82, 2.24) is 4.98 Å². The van der Waals surface area contributed by atoms with E-state index in [2.05, 4.69) is 52.0 Å². The summed E-state index contributed by atoms with van der Waals surface area (Å²) < 4.78 is 0. The summed E-state index contributed by atoms with van der Waals surface area (Å²) >= 11 is 0. The lowest BCUT2D eigenvalue weighted by Gasteiger charge is -2.12. The van der Waals surface area contributed by atoms with E-state index < -0.39 is 0 Å². The Kier molecular flexibility index (Phi) is 7.14. The molecular weight excluding hydrogens is 442 g/mol. The van der Waals surface area contributed by atoms with Crippen LogP contribution < -0.4 is 10.6 Å². The molecule has 2 N–H and O–H groups in total. The van der Waals surface area contributed by atoms with Crippen LogP contribution in [0.1, 0.15) is 16.1 Å². The fraction of sp³-hybridized carbons (Fsp3) is 0.0625. The highest BCUT2D eigenvalue weighted by atomic mass is 16.1. The molecule has 0 fully saturated rings. The van der Waals surface area contributed by atoms with Gasteiger partial charge in [-0.25, -0.2) is 0 Å². The molecule has 4 nitrogen and oxygen atoms in total. The van der Waals surface area contributed by atoms with Crippen molar-refractivity contribution < 1.29 is 4.79 Å². The van der Waals surface area contributed by atoms with Gasteiger partial charge < -0.3 is 10.6 Å². The van der Waals surface area contributed by atoms with Crippen LogP contribution in [0.15, 0.2) is 128 Å². The number of nitrogens with zero attached hydrogens (tertiary/aromatic N) is 1. The molecule has 1 aromatic heterocycles. The van der Waals surface area contributed by atoms with Crippen molar-refractivity contribution in [2.45, 2.75) is 6.42 Å². The molecule has 176 valence electrons. The predicted molar refractivity (Wildman–Crippen MR) is 148 cm³/mol. The third-order valence-corrected chi connectivity index (χ3v) is 6.05. The number of nitrogens with one attached hydrogen (secondary N) is 2. The normalized spacial score (nSPS) is 10.6. The predicted octanol–water partition coefficient (Wildman–Crippen LogP) is 7.32. The SMILES string of the molecule is O=C(Nc1ccc(NCCc2ccccn2)cc1)c1ccccc1-c1ccc(-c2ccccc2)cc1. The number of benzene rings is 4. The first-order valence-corrected chi connectivity index (χ1v) is 12.1. The van der Waals surface area contributed by atoms with Crippen molar-refractivity contribution in [2.75, 3.05) is 17.2 Å². The van der Waals surface area contributed by atoms with Crippen LogP contribution in [-0.2, 0) is 6.42 Å². The van der Waals surface area contributed by atoms with E-state index in [0.717, 1.165) is 46.7 Å². The Hall–Kier alpha value is -4.70. The Morgan fingerprint density at radius 2 is 1.25 bits per heavy atom. The summed E-state index contributed by atoms with van der Waals surface area (Å²) in [6.45, 7) is 0.791. The average Bonchev–Trinajstić information content (AvgIpc) is 2.95. The van der Waals surface area contributed by atoms with E-state index in [1.165, 1.54) is 5.56 Å². The topological polar surface area (TPSA) is 54.0 Å². The monoisotopic (exact) mass is 469 g/mol. The first-order chi connectivity index (χ1) is 17.8. The maximum atomic E-state index is 13.2. The molecule has 4 heteroatoms. The van der Waals surface area contributed by atoms with Crippen molar-refractivity contribution >= 4 is 17.3 Å². The van der Waals surface area contributed by atoms with Gasteiger partial charge in [-0.3, -0.25) is 9.78 Å². The maximum absolute atomic E-state index is 13.2. The maximum Gasteiger partial charge on any atom is 0.256 e. The van der Waals surface area contributed by atoms with E-state index >= 15 is 0 Å². The van der Waals surface area contributed by atoms with Gasteiger partial charge in [-0.1, -0.05) is 78.9 Å². The standard InChI is InChI=1S/C32H27N3O/c36-32(35-29-19-17-28(18-20-29)34-23-21-27-10-6-7-22-33-27)31-12-5-4-11-30(31)26-15-13-25(14-16-26)24-8-2-1-3-9-24/h1-20,22,34H,21,23H2,(H,35,36). The second-order valence-corrected chi connectivity index (χ2v) is 8.52. The highest BCUT2D eigenvalue weighted by molar-refractivity contribution is 6.08. The quantitative estimate of drug-likeness (QED) is 0.250. The highest BCUT2D eigenvalue weighted by Gasteiger charge is 2.13. The van der Waals surface area contributed by atoms with Crippen molar-refractivity contribution in [3.05, 3.63) is 139 Å². The molecule has 0 spiro atoms. The summed E-state index contributed by atoms with van der Waals surface area (Å²) in [6, 6.07) is 40.0. The molecule has 0 radical (unpaired) electrons. The third kappa shape index (κ3) is 5.68. The minimum Gasteiger partial charge on any atom is -0.385 e. The minimum atomic E-state index is -0.131. The lowest BCUT2D eigenvalue weighted by molar-refractivity contribution is 0.102. The van der Waals surface area contributed by atoms with Crippen molar-refractivity contribution in [3.63, 3.8) is 0 Å². The second-order valence-electron chi connectivity index (χ2n) is 8.52. The van der Waals surface area contributed by atoms with Crippen LogP contribution in [0, 0.1) is 0 Å². The first-order valence-electron chi connectivity index (χ1n) is 12.1. The summed E-state index contributed by atoms with van der Waals surface area (Å²) in [6.07, 6.45) is 2.66. The largest absolute Gasteiger partial charge is 0.385 e. The Morgan fingerprint density at radius 3 is 2.00 bits per heavy atom. The molecule has 5 aromatic rings. The first kappa shape index (κ1) is 23.1. The Balaban J connectivity index is 1.24. The summed E-state index contributed by atoms with van der Waals surface area (Å²) in [4.78, 5) is 17.5. The van der Waals surface area contributed by atoms with Gasteiger partial charge in [0.15, 0.2) is 0 Å². The van der Waals surface area contributed by atoms with Gasteiger partial charge >= 0.3 is 0 Å². The van der Waals surface area contributed by atoms with Crippen LogP contribution >= 0.6 is 0 Å². The van der Waals surface area contributed by atoms with Gasteiger partial charge in [-0.15, -0.1) is 0 Å². The average molecular weight is 470 g/mol. The molecule has 0 unspecified atom stereocenters. The molecule has 5 rings (SSSR count). The molecule has 36 heavy (non-hydrogen) atoms. The van der Waals surface area contributed by atoms with Gasteiger partial charge in [0.2, 0.25) is 0 Å². The van der Waals surface area contributed by atoms with Gasteiger partial charge in [0.05, 0.1) is 0 Å². The lowest BCUT2D eigenvalue weighted by Crippen LogP contribution is -2.13. The van der Waals surface area contributed by atoms with Gasteiger partial charge in [-0.05, 0) is 64.7 Å². The Labute approximate surface area is 211 Å². The van der Waals surface area contributed by atoms with E-state index in [4.69, 9.17) is 0 Å². The number of carbonyl (C=O) groups excluding carboxylic acids is 1. The summed E-state index contributed by atoms with van der Waals surface area (Å²) in [5.74, 6) is -0.131. The van der Waals surface area contributed by atoms with E-state index in [1.807, 2.05) is 91.1 Å². The number of carbonyl (C=O) groups is 1. The third-order valence-electron chi connectivity index (χ3n) is 6.05. The molecular formula is C32H27N3O. The van der Waals surface area contributed by atoms with Gasteiger partial charge in [0.25, 0.3) is 5.91 Å². The Morgan fingerprint density at radius 1 is 0.611 bits per heavy atom. The molecule has 1 amide bonds. The van der Waals surface area contributed by atoms with Gasteiger partial charge in [0.1, 0.15) is 0 Å². The fourth-order valence-electron chi connectivity index (χ4n) is 4.16. The smallest absolute Gasteiger partial charge is 0.256 e. The number of amides is 1. The molecule has 0 atom stereocenters. The number of hydrogen-bond acceptors (Lipinski definition) is 3. The molecule has 0 bridgehead atoms. The van der Waals surface area contributed by atoms with Crippen molar-refractivity contribution in [3.8, 4) is 22.3 Å². The molecule has 0 aliphatic heterocycles. The molecule has 0 aliphatic carbocycles. The molecule has 0 aliphatic rings. The number of aromatic nitrogens is 1. The number of pyridine rings is 1. The van der Waals surface area contributed by atoms with Crippen molar-refractivity contribution in [2.24, 2.45) is 0 Å². The highest BCUT2D eigenvalue weighted by Crippen LogP contribution is 2.28. The van der Waals surface area contributed by atoms with Crippen LogP contribution in [0.25, 0.3) is 22.3 Å². The molecule has 0 saturated heterocycles.